The van der Waals surface area contributed by atoms with Gasteiger partial charge in [-0.2, -0.15) is 0 Å². The third-order valence-electron chi connectivity index (χ3n) is 7.25. The van der Waals surface area contributed by atoms with E-state index in [-0.39, 0.29) is 24.7 Å². The van der Waals surface area contributed by atoms with Crippen LogP contribution in [0.1, 0.15) is 49.7 Å². The molecule has 1 aliphatic carbocycles. The molecule has 9 heteroatoms. The van der Waals surface area contributed by atoms with Crippen molar-refractivity contribution in [2.45, 2.75) is 38.5 Å². The van der Waals surface area contributed by atoms with Gasteiger partial charge >= 0.3 is 5.97 Å². The zero-order valence-corrected chi connectivity index (χ0v) is 23.4. The molecule has 2 aromatic carbocycles. The Kier molecular flexibility index (Phi) is 8.38. The second-order valence-electron chi connectivity index (χ2n) is 9.28. The van der Waals surface area contributed by atoms with Gasteiger partial charge in [0.2, 0.25) is 5.75 Å². The van der Waals surface area contributed by atoms with E-state index in [0.29, 0.717) is 57.6 Å². The molecule has 0 amide bonds. The van der Waals surface area contributed by atoms with Gasteiger partial charge in [0.05, 0.1) is 53.6 Å². The Morgan fingerprint density at radius 1 is 0.872 bits per heavy atom. The highest BCUT2D eigenvalue weighted by molar-refractivity contribution is 6.04. The first-order valence-electron chi connectivity index (χ1n) is 12.7. The molecule has 0 radical (unpaired) electrons. The lowest BCUT2D eigenvalue weighted by atomic mass is 9.71. The van der Waals surface area contributed by atoms with Crippen molar-refractivity contribution in [2.75, 3.05) is 42.2 Å². The lowest BCUT2D eigenvalue weighted by molar-refractivity contribution is -0.138. The molecule has 0 fully saturated rings. The maximum Gasteiger partial charge on any atom is 0.336 e. The van der Waals surface area contributed by atoms with Crippen LogP contribution in [0.2, 0.25) is 0 Å². The van der Waals surface area contributed by atoms with Crippen LogP contribution >= 0.6 is 0 Å². The smallest absolute Gasteiger partial charge is 0.336 e. The SMILES string of the molecule is CCOC(=O)C1=C(C)NC2=C(C(=O)CC(c3ccc(OC)c(OC)c3)C2)C1c1ccc(OC)c(OC)c1OC. The molecule has 0 saturated carbocycles. The summed E-state index contributed by atoms with van der Waals surface area (Å²) in [5, 5.41) is 3.36. The normalized spacial score (nSPS) is 18.7. The molecular formula is C30H35NO8. The zero-order chi connectivity index (χ0) is 28.3. The van der Waals surface area contributed by atoms with E-state index >= 15 is 0 Å². The third kappa shape index (κ3) is 5.01. The fourth-order valence-electron chi connectivity index (χ4n) is 5.52. The molecule has 2 unspecified atom stereocenters. The third-order valence-corrected chi connectivity index (χ3v) is 7.25. The summed E-state index contributed by atoms with van der Waals surface area (Å²) in [6.07, 6.45) is 0.827. The summed E-state index contributed by atoms with van der Waals surface area (Å²) in [6, 6.07) is 9.26. The van der Waals surface area contributed by atoms with Gasteiger partial charge in [-0.3, -0.25) is 4.79 Å². The molecule has 2 aromatic rings. The molecule has 1 aliphatic heterocycles. The van der Waals surface area contributed by atoms with Gasteiger partial charge in [0, 0.05) is 29.0 Å². The van der Waals surface area contributed by atoms with Gasteiger partial charge < -0.3 is 33.7 Å². The van der Waals surface area contributed by atoms with Gasteiger partial charge in [-0.25, -0.2) is 4.79 Å². The summed E-state index contributed by atoms with van der Waals surface area (Å²) in [4.78, 5) is 27.2. The average Bonchev–Trinajstić information content (AvgIpc) is 2.94. The highest BCUT2D eigenvalue weighted by Crippen LogP contribution is 2.51. The number of hydrogen-bond acceptors (Lipinski definition) is 9. The Bertz CT molecular complexity index is 1340. The number of ketones is 1. The van der Waals surface area contributed by atoms with Crippen LogP contribution in [0.5, 0.6) is 28.7 Å². The summed E-state index contributed by atoms with van der Waals surface area (Å²) in [5.74, 6) is 1.10. The molecule has 0 spiro atoms. The average molecular weight is 538 g/mol. The maximum absolute atomic E-state index is 14.0. The van der Waals surface area contributed by atoms with Crippen molar-refractivity contribution in [1.29, 1.82) is 0 Å². The monoisotopic (exact) mass is 537 g/mol. The molecule has 39 heavy (non-hydrogen) atoms. The number of Topliss-reactive ketones (excluding diaryl/α,β-unsaturated/α-hetero) is 1. The highest BCUT2D eigenvalue weighted by Gasteiger charge is 2.43. The number of hydrogen-bond donors (Lipinski definition) is 1. The number of allylic oxidation sites excluding steroid dienone is 3. The number of ether oxygens (including phenoxy) is 6. The van der Waals surface area contributed by atoms with E-state index in [1.807, 2.05) is 25.1 Å². The lowest BCUT2D eigenvalue weighted by Crippen LogP contribution is -2.36. The van der Waals surface area contributed by atoms with Crippen LogP contribution in [-0.4, -0.2) is 53.9 Å². The first kappa shape index (κ1) is 27.9. The van der Waals surface area contributed by atoms with Crippen molar-refractivity contribution >= 4 is 11.8 Å². The van der Waals surface area contributed by atoms with E-state index in [4.69, 9.17) is 28.4 Å². The Hall–Kier alpha value is -4.14. The predicted molar refractivity (Wildman–Crippen MR) is 145 cm³/mol. The summed E-state index contributed by atoms with van der Waals surface area (Å²) < 4.78 is 33.2. The molecule has 1 heterocycles. The van der Waals surface area contributed by atoms with Crippen LogP contribution in [0.3, 0.4) is 0 Å². The molecule has 0 aromatic heterocycles. The molecule has 0 bridgehead atoms. The van der Waals surface area contributed by atoms with E-state index in [2.05, 4.69) is 5.32 Å². The molecule has 0 saturated heterocycles. The van der Waals surface area contributed by atoms with E-state index in [1.54, 1.807) is 33.3 Å². The number of rotatable bonds is 9. The first-order valence-corrected chi connectivity index (χ1v) is 12.7. The van der Waals surface area contributed by atoms with Gasteiger partial charge in [0.1, 0.15) is 0 Å². The number of carbonyl (C=O) groups is 2. The van der Waals surface area contributed by atoms with Crippen LogP contribution in [0.15, 0.2) is 52.9 Å². The van der Waals surface area contributed by atoms with Crippen LogP contribution in [0, 0.1) is 0 Å². The van der Waals surface area contributed by atoms with Gasteiger partial charge in [0.25, 0.3) is 0 Å². The van der Waals surface area contributed by atoms with Crippen LogP contribution in [-0.2, 0) is 14.3 Å². The fraction of sp³-hybridized carbons (Fsp3) is 0.400. The Labute approximate surface area is 228 Å². The Morgan fingerprint density at radius 3 is 2.15 bits per heavy atom. The van der Waals surface area contributed by atoms with E-state index in [0.717, 1.165) is 11.3 Å². The second kappa shape index (κ2) is 11.7. The molecule has 208 valence electrons. The molecular weight excluding hydrogens is 502 g/mol. The summed E-state index contributed by atoms with van der Waals surface area (Å²) in [5.41, 5.74) is 3.84. The van der Waals surface area contributed by atoms with Gasteiger partial charge in [-0.1, -0.05) is 12.1 Å². The second-order valence-corrected chi connectivity index (χ2v) is 9.28. The summed E-state index contributed by atoms with van der Waals surface area (Å²) in [7, 11) is 7.75. The highest BCUT2D eigenvalue weighted by atomic mass is 16.5. The number of dihydropyridines is 1. The van der Waals surface area contributed by atoms with Crippen molar-refractivity contribution in [3.8, 4) is 28.7 Å². The van der Waals surface area contributed by atoms with E-state index in [9.17, 15) is 9.59 Å². The van der Waals surface area contributed by atoms with Crippen LogP contribution in [0.25, 0.3) is 0 Å². The van der Waals surface area contributed by atoms with Crippen molar-refractivity contribution in [3.63, 3.8) is 0 Å². The maximum atomic E-state index is 14.0. The zero-order valence-electron chi connectivity index (χ0n) is 23.4. The minimum absolute atomic E-state index is 0.0697. The number of nitrogens with one attached hydrogen (secondary N) is 1. The van der Waals surface area contributed by atoms with Crippen molar-refractivity contribution in [2.24, 2.45) is 0 Å². The number of esters is 1. The van der Waals surface area contributed by atoms with Crippen LogP contribution < -0.4 is 29.0 Å². The minimum Gasteiger partial charge on any atom is -0.493 e. The van der Waals surface area contributed by atoms with E-state index in [1.165, 1.54) is 21.3 Å². The fourth-order valence-corrected chi connectivity index (χ4v) is 5.52. The van der Waals surface area contributed by atoms with Gasteiger partial charge in [0.15, 0.2) is 28.8 Å². The van der Waals surface area contributed by atoms with Gasteiger partial charge in [-0.05, 0) is 49.9 Å². The number of carbonyl (C=O) groups excluding carboxylic acids is 2. The van der Waals surface area contributed by atoms with Crippen molar-refractivity contribution < 1.29 is 38.0 Å². The Balaban J connectivity index is 1.87. The molecule has 1 N–H and O–H groups in total. The van der Waals surface area contributed by atoms with Crippen molar-refractivity contribution in [1.82, 2.24) is 5.32 Å². The molecule has 2 aliphatic rings. The van der Waals surface area contributed by atoms with E-state index < -0.39 is 11.9 Å². The molecule has 4 rings (SSSR count). The first-order chi connectivity index (χ1) is 18.8. The lowest BCUT2D eigenvalue weighted by Gasteiger charge is -2.37. The number of methoxy groups -OCH3 is 5. The largest absolute Gasteiger partial charge is 0.493 e. The number of benzene rings is 2. The van der Waals surface area contributed by atoms with Crippen molar-refractivity contribution in [3.05, 3.63) is 64.0 Å². The van der Waals surface area contributed by atoms with Gasteiger partial charge in [-0.15, -0.1) is 0 Å². The summed E-state index contributed by atoms with van der Waals surface area (Å²) >= 11 is 0. The molecule has 2 atom stereocenters. The molecule has 9 nitrogen and oxygen atoms in total. The summed E-state index contributed by atoms with van der Waals surface area (Å²) in [6.45, 7) is 3.77. The van der Waals surface area contributed by atoms with Crippen LogP contribution in [0.4, 0.5) is 0 Å². The standard InChI is InChI=1S/C30H35NO8/c1-8-39-30(33)25-16(2)31-20-13-18(17-9-11-22(34-3)24(15-17)36-5)14-21(32)27(20)26(25)19-10-12-23(35-4)29(38-7)28(19)37-6/h9-12,15,18,26,31H,8,13-14H2,1-7H3. The quantitative estimate of drug-likeness (QED) is 0.458. The topological polar surface area (TPSA) is 102 Å². The Morgan fingerprint density at radius 2 is 1.54 bits per heavy atom. The predicted octanol–water partition coefficient (Wildman–Crippen LogP) is 4.65. The minimum atomic E-state index is -0.714.